The summed E-state index contributed by atoms with van der Waals surface area (Å²) < 4.78 is 6.63. The molecule has 1 aromatic heterocycles. The number of ether oxygens (including phenoxy) is 1. The Morgan fingerprint density at radius 3 is 2.78 bits per heavy atom. The van der Waals surface area contributed by atoms with Gasteiger partial charge in [-0.3, -0.25) is 10.1 Å². The van der Waals surface area contributed by atoms with Crippen molar-refractivity contribution in [3.8, 4) is 11.6 Å². The average molecular weight is 356 g/mol. The average Bonchev–Trinajstić information content (AvgIpc) is 2.31. The van der Waals surface area contributed by atoms with Crippen LogP contribution in [0.3, 0.4) is 0 Å². The van der Waals surface area contributed by atoms with Gasteiger partial charge in [0.1, 0.15) is 11.9 Å². The zero-order valence-corrected chi connectivity index (χ0v) is 11.6. The van der Waals surface area contributed by atoms with Crippen LogP contribution in [0.1, 0.15) is 5.56 Å². The van der Waals surface area contributed by atoms with Gasteiger partial charge in [0.25, 0.3) is 5.69 Å². The summed E-state index contributed by atoms with van der Waals surface area (Å²) in [6.45, 7) is 1.73. The fourth-order valence-corrected chi connectivity index (χ4v) is 1.91. The van der Waals surface area contributed by atoms with E-state index in [4.69, 9.17) is 4.74 Å². The van der Waals surface area contributed by atoms with Gasteiger partial charge in [0.05, 0.1) is 4.92 Å². The molecule has 0 fully saturated rings. The van der Waals surface area contributed by atoms with E-state index < -0.39 is 4.92 Å². The van der Waals surface area contributed by atoms with E-state index in [9.17, 15) is 10.1 Å². The molecule has 2 rings (SSSR count). The molecule has 2 aromatic rings. The number of aromatic nitrogens is 1. The predicted molar refractivity (Wildman–Crippen MR) is 74.9 cm³/mol. The molecule has 1 aromatic carbocycles. The Labute approximate surface area is 117 Å². The maximum Gasteiger partial charge on any atom is 0.288 e. The van der Waals surface area contributed by atoms with Crippen molar-refractivity contribution in [1.29, 1.82) is 0 Å². The Bertz CT molecular complexity index is 602. The Morgan fingerprint density at radius 1 is 1.39 bits per heavy atom. The van der Waals surface area contributed by atoms with Gasteiger partial charge in [-0.1, -0.05) is 6.07 Å². The molecule has 5 nitrogen and oxygen atoms in total. The number of nitro groups is 1. The van der Waals surface area contributed by atoms with Crippen molar-refractivity contribution >= 4 is 28.3 Å². The van der Waals surface area contributed by atoms with E-state index in [-0.39, 0.29) is 5.69 Å². The highest BCUT2D eigenvalue weighted by Crippen LogP contribution is 2.26. The molecule has 0 amide bonds. The minimum absolute atomic E-state index is 0.0394. The van der Waals surface area contributed by atoms with E-state index in [2.05, 4.69) is 27.6 Å². The van der Waals surface area contributed by atoms with Crippen molar-refractivity contribution in [3.05, 3.63) is 55.8 Å². The number of nitrogens with zero attached hydrogens (tertiary/aromatic N) is 2. The highest BCUT2D eigenvalue weighted by molar-refractivity contribution is 14.1. The van der Waals surface area contributed by atoms with Crippen LogP contribution in [-0.2, 0) is 0 Å². The first-order valence-electron chi connectivity index (χ1n) is 5.11. The first-order valence-corrected chi connectivity index (χ1v) is 6.18. The molecule has 6 heteroatoms. The van der Waals surface area contributed by atoms with Crippen molar-refractivity contribution in [2.24, 2.45) is 0 Å². The monoisotopic (exact) mass is 356 g/mol. The van der Waals surface area contributed by atoms with E-state index in [0.29, 0.717) is 17.2 Å². The van der Waals surface area contributed by atoms with Crippen LogP contribution in [0.25, 0.3) is 0 Å². The lowest BCUT2D eigenvalue weighted by atomic mass is 10.3. The second-order valence-electron chi connectivity index (χ2n) is 3.63. The summed E-state index contributed by atoms with van der Waals surface area (Å²) >= 11 is 2.18. The molecular formula is C12H9IN2O3. The number of pyridine rings is 1. The van der Waals surface area contributed by atoms with Crippen LogP contribution in [0.2, 0.25) is 0 Å². The Morgan fingerprint density at radius 2 is 2.17 bits per heavy atom. The fourth-order valence-electron chi connectivity index (χ4n) is 1.40. The molecule has 1 heterocycles. The lowest BCUT2D eigenvalue weighted by molar-refractivity contribution is -0.385. The normalized spacial score (nSPS) is 10.1. The topological polar surface area (TPSA) is 65.3 Å². The highest BCUT2D eigenvalue weighted by Gasteiger charge is 2.10. The summed E-state index contributed by atoms with van der Waals surface area (Å²) in [7, 11) is 0. The van der Waals surface area contributed by atoms with Crippen molar-refractivity contribution < 1.29 is 9.66 Å². The number of halogens is 1. The van der Waals surface area contributed by atoms with Gasteiger partial charge in [-0.05, 0) is 47.7 Å². The number of hydrogen-bond acceptors (Lipinski definition) is 4. The summed E-state index contributed by atoms with van der Waals surface area (Å²) in [5.41, 5.74) is 0.588. The van der Waals surface area contributed by atoms with E-state index in [1.807, 2.05) is 24.3 Å². The molecule has 92 valence electrons. The van der Waals surface area contributed by atoms with Crippen LogP contribution in [0.4, 0.5) is 5.69 Å². The van der Waals surface area contributed by atoms with Gasteiger partial charge in [0.15, 0.2) is 0 Å². The Kier molecular flexibility index (Phi) is 3.75. The van der Waals surface area contributed by atoms with Crippen LogP contribution in [0.15, 0.2) is 36.5 Å². The van der Waals surface area contributed by atoms with Gasteiger partial charge in [0, 0.05) is 15.2 Å². The molecule has 0 aliphatic rings. The third kappa shape index (κ3) is 2.95. The second kappa shape index (κ2) is 5.30. The molecular weight excluding hydrogens is 347 g/mol. The molecule has 0 bridgehead atoms. The van der Waals surface area contributed by atoms with E-state index >= 15 is 0 Å². The van der Waals surface area contributed by atoms with Gasteiger partial charge < -0.3 is 4.74 Å². The standard InChI is InChI=1S/C12H9IN2O3/c1-8-5-10(15(16)17)7-14-12(8)18-11-4-2-3-9(13)6-11/h2-7H,1H3. The highest BCUT2D eigenvalue weighted by atomic mass is 127. The molecule has 0 spiro atoms. The van der Waals surface area contributed by atoms with Crippen molar-refractivity contribution in [1.82, 2.24) is 4.98 Å². The minimum atomic E-state index is -0.477. The summed E-state index contributed by atoms with van der Waals surface area (Å²) in [5, 5.41) is 10.6. The smallest absolute Gasteiger partial charge is 0.288 e. The predicted octanol–water partition coefficient (Wildman–Crippen LogP) is 3.70. The Balaban J connectivity index is 2.27. The fraction of sp³-hybridized carbons (Fsp3) is 0.0833. The van der Waals surface area contributed by atoms with Crippen LogP contribution in [-0.4, -0.2) is 9.91 Å². The maximum absolute atomic E-state index is 10.6. The first kappa shape index (κ1) is 12.7. The summed E-state index contributed by atoms with van der Waals surface area (Å²) in [5.74, 6) is 1.04. The summed E-state index contributed by atoms with van der Waals surface area (Å²) in [6.07, 6.45) is 1.19. The zero-order valence-electron chi connectivity index (χ0n) is 9.46. The first-order chi connectivity index (χ1) is 8.56. The molecule has 0 saturated carbocycles. The molecule has 0 aliphatic carbocycles. The van der Waals surface area contributed by atoms with Crippen LogP contribution < -0.4 is 4.74 Å². The number of benzene rings is 1. The lowest BCUT2D eigenvalue weighted by Crippen LogP contribution is -1.95. The van der Waals surface area contributed by atoms with E-state index in [0.717, 1.165) is 3.57 Å². The molecule has 0 radical (unpaired) electrons. The SMILES string of the molecule is Cc1cc([N+](=O)[O-])cnc1Oc1cccc(I)c1. The van der Waals surface area contributed by atoms with Gasteiger partial charge in [-0.2, -0.15) is 0 Å². The van der Waals surface area contributed by atoms with Gasteiger partial charge in [-0.25, -0.2) is 4.98 Å². The van der Waals surface area contributed by atoms with Gasteiger partial charge in [0.2, 0.25) is 5.88 Å². The molecule has 0 saturated heterocycles. The quantitative estimate of drug-likeness (QED) is 0.478. The maximum atomic E-state index is 10.6. The largest absolute Gasteiger partial charge is 0.439 e. The summed E-state index contributed by atoms with van der Waals surface area (Å²) in [6, 6.07) is 8.94. The van der Waals surface area contributed by atoms with Crippen molar-refractivity contribution in [2.75, 3.05) is 0 Å². The summed E-state index contributed by atoms with van der Waals surface area (Å²) in [4.78, 5) is 14.1. The van der Waals surface area contributed by atoms with E-state index in [1.54, 1.807) is 6.92 Å². The second-order valence-corrected chi connectivity index (χ2v) is 4.88. The molecule has 0 aliphatic heterocycles. The molecule has 18 heavy (non-hydrogen) atoms. The Hall–Kier alpha value is -1.70. The zero-order chi connectivity index (χ0) is 13.1. The molecule has 0 atom stereocenters. The van der Waals surface area contributed by atoms with Gasteiger partial charge >= 0.3 is 0 Å². The van der Waals surface area contributed by atoms with Crippen LogP contribution >= 0.6 is 22.6 Å². The number of hydrogen-bond donors (Lipinski definition) is 0. The molecule has 0 N–H and O–H groups in total. The minimum Gasteiger partial charge on any atom is -0.439 e. The third-order valence-electron chi connectivity index (χ3n) is 2.24. The lowest BCUT2D eigenvalue weighted by Gasteiger charge is -2.07. The van der Waals surface area contributed by atoms with Crippen LogP contribution in [0, 0.1) is 20.6 Å². The third-order valence-corrected chi connectivity index (χ3v) is 2.91. The van der Waals surface area contributed by atoms with Gasteiger partial charge in [-0.15, -0.1) is 0 Å². The number of rotatable bonds is 3. The molecule has 0 unspecified atom stereocenters. The number of aryl methyl sites for hydroxylation is 1. The van der Waals surface area contributed by atoms with Crippen molar-refractivity contribution in [2.45, 2.75) is 6.92 Å². The van der Waals surface area contributed by atoms with Crippen molar-refractivity contribution in [3.63, 3.8) is 0 Å². The van der Waals surface area contributed by atoms with E-state index in [1.165, 1.54) is 12.3 Å². The van der Waals surface area contributed by atoms with Crippen LogP contribution in [0.5, 0.6) is 11.6 Å².